The minimum atomic E-state index is -0.559. The van der Waals surface area contributed by atoms with Crippen LogP contribution >= 0.6 is 11.6 Å². The molecule has 0 bridgehead atoms. The largest absolute Gasteiger partial charge is 0.335 e. The van der Waals surface area contributed by atoms with Gasteiger partial charge in [-0.05, 0) is 25.1 Å². The van der Waals surface area contributed by atoms with Crippen molar-refractivity contribution in [1.82, 2.24) is 30.0 Å². The number of rotatable bonds is 8. The summed E-state index contributed by atoms with van der Waals surface area (Å²) in [6.45, 7) is 3.14. The van der Waals surface area contributed by atoms with Crippen LogP contribution < -0.4 is 10.6 Å². The summed E-state index contributed by atoms with van der Waals surface area (Å²) in [6.07, 6.45) is 0.529. The molecule has 1 unspecified atom stereocenters. The van der Waals surface area contributed by atoms with E-state index in [1.165, 1.54) is 30.1 Å². The molecule has 1 atom stereocenters. The first-order chi connectivity index (χ1) is 16.6. The normalized spacial score (nSPS) is 13.6. The second-order valence-electron chi connectivity index (χ2n) is 8.38. The lowest BCUT2D eigenvalue weighted by molar-refractivity contribution is -0.185. The highest BCUT2D eigenvalue weighted by Crippen LogP contribution is 2.24. The van der Waals surface area contributed by atoms with Gasteiger partial charge in [0.1, 0.15) is 11.9 Å². The summed E-state index contributed by atoms with van der Waals surface area (Å²) in [5.41, 5.74) is 3.04. The summed E-state index contributed by atoms with van der Waals surface area (Å²) < 4.78 is 15.2. The number of urea groups is 2. The van der Waals surface area contributed by atoms with Crippen molar-refractivity contribution < 1.29 is 23.6 Å². The molecule has 35 heavy (non-hydrogen) atoms. The first-order valence-corrected chi connectivity index (χ1v) is 11.3. The van der Waals surface area contributed by atoms with Crippen molar-refractivity contribution in [1.29, 1.82) is 0 Å². The zero-order valence-corrected chi connectivity index (χ0v) is 20.8. The van der Waals surface area contributed by atoms with Gasteiger partial charge in [0.05, 0.1) is 23.8 Å². The lowest BCUT2D eigenvalue weighted by Crippen LogP contribution is -2.43. The first-order valence-electron chi connectivity index (χ1n) is 10.9. The third-order valence-corrected chi connectivity index (χ3v) is 5.86. The predicted octanol–water partition coefficient (Wildman–Crippen LogP) is 2.23. The highest BCUT2D eigenvalue weighted by molar-refractivity contribution is 6.31. The topological polar surface area (TPSA) is 112 Å². The SMILES string of the molecule is Cc1c2c(nn1CC(CNC(=O)N(C)C)ON(C)C=O)CCN(C(=O)Nc1ccc(F)c(Cl)c1)C2. The van der Waals surface area contributed by atoms with Crippen LogP contribution in [0.2, 0.25) is 5.02 Å². The molecule has 2 aromatic rings. The van der Waals surface area contributed by atoms with Crippen LogP contribution in [0, 0.1) is 12.7 Å². The fourth-order valence-electron chi connectivity index (χ4n) is 3.64. The number of aromatic nitrogens is 2. The van der Waals surface area contributed by atoms with Crippen LogP contribution in [0.1, 0.15) is 17.0 Å². The van der Waals surface area contributed by atoms with E-state index >= 15 is 0 Å². The van der Waals surface area contributed by atoms with Gasteiger partial charge in [-0.1, -0.05) is 11.6 Å². The standard InChI is InChI=1S/C22H29ClFN7O4/c1-14-17-12-30(22(34)26-15-5-6-19(24)18(23)9-15)8-7-20(17)27-31(14)11-16(35-29(4)13-32)10-25-21(33)28(2)3/h5-6,9,13,16H,7-8,10-12H2,1-4H3,(H,25,33)(H,26,34). The molecule has 2 N–H and O–H groups in total. The molecule has 1 aliphatic heterocycles. The van der Waals surface area contributed by atoms with E-state index < -0.39 is 11.9 Å². The zero-order chi connectivity index (χ0) is 25.7. The van der Waals surface area contributed by atoms with Crippen molar-refractivity contribution in [3.63, 3.8) is 0 Å². The number of benzene rings is 1. The van der Waals surface area contributed by atoms with E-state index in [9.17, 15) is 18.8 Å². The summed E-state index contributed by atoms with van der Waals surface area (Å²) >= 11 is 5.80. The van der Waals surface area contributed by atoms with E-state index in [0.29, 0.717) is 31.6 Å². The molecule has 11 nitrogen and oxygen atoms in total. The molecule has 13 heteroatoms. The van der Waals surface area contributed by atoms with E-state index in [0.717, 1.165) is 22.0 Å². The van der Waals surface area contributed by atoms with Gasteiger partial charge in [0.2, 0.25) is 6.41 Å². The van der Waals surface area contributed by atoms with E-state index in [4.69, 9.17) is 16.4 Å². The number of carbonyl (C=O) groups excluding carboxylic acids is 3. The number of anilines is 1. The molecule has 0 spiro atoms. The lowest BCUT2D eigenvalue weighted by atomic mass is 10.1. The van der Waals surface area contributed by atoms with E-state index in [-0.39, 0.29) is 30.2 Å². The number of hydrogen-bond donors (Lipinski definition) is 2. The van der Waals surface area contributed by atoms with Crippen molar-refractivity contribution in [2.75, 3.05) is 39.5 Å². The van der Waals surface area contributed by atoms with Gasteiger partial charge in [-0.25, -0.2) is 19.0 Å². The number of amides is 5. The Morgan fingerprint density at radius 2 is 2.09 bits per heavy atom. The third kappa shape index (κ3) is 6.61. The summed E-state index contributed by atoms with van der Waals surface area (Å²) in [6, 6.07) is 3.39. The van der Waals surface area contributed by atoms with Gasteiger partial charge >= 0.3 is 12.1 Å². The first kappa shape index (κ1) is 26.2. The van der Waals surface area contributed by atoms with Crippen LogP contribution in [0.4, 0.5) is 19.7 Å². The molecule has 0 saturated carbocycles. The molecule has 0 aliphatic carbocycles. The van der Waals surface area contributed by atoms with Crippen molar-refractivity contribution in [3.8, 4) is 0 Å². The van der Waals surface area contributed by atoms with Crippen molar-refractivity contribution in [3.05, 3.63) is 46.0 Å². The molecule has 5 amide bonds. The minimum absolute atomic E-state index is 0.0698. The van der Waals surface area contributed by atoms with Crippen LogP contribution in [-0.2, 0) is 29.1 Å². The maximum atomic E-state index is 13.4. The van der Waals surface area contributed by atoms with Gasteiger partial charge in [0.15, 0.2) is 0 Å². The molecule has 3 rings (SSSR count). The number of hydroxylamine groups is 2. The smallest absolute Gasteiger partial charge is 0.322 e. The predicted molar refractivity (Wildman–Crippen MR) is 127 cm³/mol. The maximum absolute atomic E-state index is 13.4. The van der Waals surface area contributed by atoms with Gasteiger partial charge in [0.25, 0.3) is 0 Å². The summed E-state index contributed by atoms with van der Waals surface area (Å²) in [7, 11) is 4.72. The minimum Gasteiger partial charge on any atom is -0.335 e. The second-order valence-corrected chi connectivity index (χ2v) is 8.79. The van der Waals surface area contributed by atoms with Gasteiger partial charge in [-0.15, -0.1) is 0 Å². The third-order valence-electron chi connectivity index (χ3n) is 5.57. The molecular formula is C22H29ClFN7O4. The Hall–Kier alpha value is -3.38. The Morgan fingerprint density at radius 1 is 1.34 bits per heavy atom. The number of hydrogen-bond acceptors (Lipinski definition) is 5. The number of halogens is 2. The Balaban J connectivity index is 1.69. The fraction of sp³-hybridized carbons (Fsp3) is 0.455. The van der Waals surface area contributed by atoms with Crippen LogP contribution in [0.3, 0.4) is 0 Å². The number of fused-ring (bicyclic) bond motifs is 1. The summed E-state index contributed by atoms with van der Waals surface area (Å²) in [5, 5.41) is 11.1. The van der Waals surface area contributed by atoms with Crippen molar-refractivity contribution >= 4 is 35.8 Å². The van der Waals surface area contributed by atoms with Gasteiger partial charge < -0.3 is 20.4 Å². The van der Waals surface area contributed by atoms with Crippen LogP contribution in [0.5, 0.6) is 0 Å². The Kier molecular flexibility index (Phi) is 8.52. The monoisotopic (exact) mass is 509 g/mol. The Labute approximate surface area is 207 Å². The number of carbonyl (C=O) groups is 3. The maximum Gasteiger partial charge on any atom is 0.322 e. The summed E-state index contributed by atoms with van der Waals surface area (Å²) in [4.78, 5) is 44.4. The molecule has 2 heterocycles. The van der Waals surface area contributed by atoms with E-state index in [2.05, 4.69) is 15.7 Å². The highest BCUT2D eigenvalue weighted by Gasteiger charge is 2.27. The van der Waals surface area contributed by atoms with Crippen LogP contribution in [0.15, 0.2) is 18.2 Å². The summed E-state index contributed by atoms with van der Waals surface area (Å²) in [5.74, 6) is -0.557. The van der Waals surface area contributed by atoms with E-state index in [1.807, 2.05) is 6.92 Å². The number of nitrogens with one attached hydrogen (secondary N) is 2. The molecule has 1 aromatic heterocycles. The van der Waals surface area contributed by atoms with Crippen LogP contribution in [-0.4, -0.2) is 83.5 Å². The molecular weight excluding hydrogens is 481 g/mol. The van der Waals surface area contributed by atoms with Gasteiger partial charge in [0, 0.05) is 57.6 Å². The van der Waals surface area contributed by atoms with Gasteiger partial charge in [-0.3, -0.25) is 14.3 Å². The lowest BCUT2D eigenvalue weighted by Gasteiger charge is -2.27. The molecule has 0 fully saturated rings. The average Bonchev–Trinajstić information content (AvgIpc) is 3.13. The number of nitrogens with zero attached hydrogens (tertiary/aromatic N) is 5. The average molecular weight is 510 g/mol. The highest BCUT2D eigenvalue weighted by atomic mass is 35.5. The van der Waals surface area contributed by atoms with Crippen molar-refractivity contribution in [2.24, 2.45) is 0 Å². The second kappa shape index (κ2) is 11.4. The quantitative estimate of drug-likeness (QED) is 0.418. The molecule has 1 aromatic carbocycles. The zero-order valence-electron chi connectivity index (χ0n) is 20.0. The van der Waals surface area contributed by atoms with Gasteiger partial charge in [-0.2, -0.15) is 5.10 Å². The molecule has 190 valence electrons. The van der Waals surface area contributed by atoms with Crippen molar-refractivity contribution in [2.45, 2.75) is 32.5 Å². The molecule has 1 aliphatic rings. The van der Waals surface area contributed by atoms with E-state index in [1.54, 1.807) is 23.7 Å². The van der Waals surface area contributed by atoms with Crippen LogP contribution in [0.25, 0.3) is 0 Å². The Morgan fingerprint density at radius 3 is 2.74 bits per heavy atom. The molecule has 0 saturated heterocycles. The Bertz CT molecular complexity index is 1090. The fourth-order valence-corrected chi connectivity index (χ4v) is 3.82. The molecule has 0 radical (unpaired) electrons.